The van der Waals surface area contributed by atoms with Crippen molar-refractivity contribution in [2.24, 2.45) is 17.8 Å². The zero-order valence-corrected chi connectivity index (χ0v) is 18.3. The Labute approximate surface area is 192 Å². The number of pyridine rings is 1. The fraction of sp³-hybridized carbons (Fsp3) is 0.269. The fourth-order valence-electron chi connectivity index (χ4n) is 5.06. The van der Waals surface area contributed by atoms with Crippen LogP contribution in [-0.2, 0) is 4.79 Å². The van der Waals surface area contributed by atoms with Crippen LogP contribution in [-0.4, -0.2) is 34.8 Å². The number of amides is 2. The molecule has 2 heterocycles. The Bertz CT molecular complexity index is 1100. The van der Waals surface area contributed by atoms with Crippen LogP contribution in [0.2, 0.25) is 5.02 Å². The van der Waals surface area contributed by atoms with Gasteiger partial charge in [0.1, 0.15) is 0 Å². The van der Waals surface area contributed by atoms with Crippen LogP contribution in [0.15, 0.2) is 72.9 Å². The highest BCUT2D eigenvalue weighted by molar-refractivity contribution is 6.30. The summed E-state index contributed by atoms with van der Waals surface area (Å²) in [6.07, 6.45) is 3.60. The van der Waals surface area contributed by atoms with E-state index in [1.807, 2.05) is 59.5 Å². The van der Waals surface area contributed by atoms with Gasteiger partial charge in [-0.2, -0.15) is 0 Å². The quantitative estimate of drug-likeness (QED) is 0.604. The lowest BCUT2D eigenvalue weighted by atomic mass is 9.84. The Morgan fingerprint density at radius 2 is 1.59 bits per heavy atom. The van der Waals surface area contributed by atoms with Crippen molar-refractivity contribution in [3.05, 3.63) is 83.5 Å². The van der Waals surface area contributed by atoms with E-state index in [2.05, 4.69) is 10.3 Å². The minimum atomic E-state index is -0.0618. The van der Waals surface area contributed by atoms with Crippen LogP contribution in [0.5, 0.6) is 0 Å². The summed E-state index contributed by atoms with van der Waals surface area (Å²) < 4.78 is 0. The summed E-state index contributed by atoms with van der Waals surface area (Å²) in [4.78, 5) is 32.5. The van der Waals surface area contributed by atoms with Crippen molar-refractivity contribution in [2.75, 3.05) is 18.4 Å². The molecule has 0 radical (unpaired) electrons. The van der Waals surface area contributed by atoms with Crippen LogP contribution in [0.3, 0.4) is 0 Å². The number of halogens is 1. The second-order valence-electron chi connectivity index (χ2n) is 8.63. The first-order chi connectivity index (χ1) is 15.6. The molecule has 162 valence electrons. The van der Waals surface area contributed by atoms with Gasteiger partial charge in [0.05, 0.1) is 11.3 Å². The number of rotatable bonds is 4. The summed E-state index contributed by atoms with van der Waals surface area (Å²) in [6.45, 7) is 1.21. The topological polar surface area (TPSA) is 62.3 Å². The molecule has 2 atom stereocenters. The van der Waals surface area contributed by atoms with Crippen molar-refractivity contribution in [3.8, 4) is 11.3 Å². The van der Waals surface area contributed by atoms with Crippen molar-refractivity contribution < 1.29 is 9.59 Å². The molecule has 1 saturated carbocycles. The summed E-state index contributed by atoms with van der Waals surface area (Å²) in [5.74, 6) is 0.336. The van der Waals surface area contributed by atoms with Gasteiger partial charge in [0, 0.05) is 41.5 Å². The highest BCUT2D eigenvalue weighted by Crippen LogP contribution is 2.43. The number of anilines is 1. The monoisotopic (exact) mass is 445 g/mol. The van der Waals surface area contributed by atoms with Crippen molar-refractivity contribution in [1.82, 2.24) is 9.88 Å². The van der Waals surface area contributed by atoms with E-state index in [4.69, 9.17) is 11.6 Å². The maximum atomic E-state index is 13.1. The maximum Gasteiger partial charge on any atom is 0.255 e. The van der Waals surface area contributed by atoms with E-state index in [0.29, 0.717) is 23.7 Å². The van der Waals surface area contributed by atoms with E-state index in [1.165, 1.54) is 0 Å². The zero-order valence-electron chi connectivity index (χ0n) is 17.6. The average Bonchev–Trinajstić information content (AvgIpc) is 3.10. The number of aromatic nitrogens is 1. The number of carbonyl (C=O) groups excluding carboxylic acids is 2. The summed E-state index contributed by atoms with van der Waals surface area (Å²) >= 11 is 5.93. The van der Waals surface area contributed by atoms with Gasteiger partial charge < -0.3 is 10.2 Å². The van der Waals surface area contributed by atoms with Crippen molar-refractivity contribution in [3.63, 3.8) is 0 Å². The van der Waals surface area contributed by atoms with E-state index in [9.17, 15) is 9.59 Å². The van der Waals surface area contributed by atoms with E-state index >= 15 is 0 Å². The van der Waals surface area contributed by atoms with Crippen molar-refractivity contribution >= 4 is 29.1 Å². The molecule has 32 heavy (non-hydrogen) atoms. The molecule has 1 saturated heterocycles. The van der Waals surface area contributed by atoms with Gasteiger partial charge in [-0.1, -0.05) is 41.9 Å². The van der Waals surface area contributed by atoms with Crippen LogP contribution in [0.4, 0.5) is 5.69 Å². The molecule has 2 aliphatic rings. The number of benzene rings is 2. The number of piperidine rings is 1. The van der Waals surface area contributed by atoms with Gasteiger partial charge in [0.15, 0.2) is 0 Å². The van der Waals surface area contributed by atoms with Gasteiger partial charge >= 0.3 is 0 Å². The number of nitrogens with zero attached hydrogens (tertiary/aromatic N) is 2. The van der Waals surface area contributed by atoms with Gasteiger partial charge in [-0.3, -0.25) is 14.6 Å². The van der Waals surface area contributed by atoms with E-state index in [-0.39, 0.29) is 29.6 Å². The molecule has 2 unspecified atom stereocenters. The molecular formula is C26H24ClN3O2. The number of fused-ring (bicyclic) bond motifs is 2. The molecule has 0 spiro atoms. The molecule has 2 amide bonds. The number of nitrogens with one attached hydrogen (secondary N) is 1. The third kappa shape index (κ3) is 4.13. The van der Waals surface area contributed by atoms with Crippen LogP contribution >= 0.6 is 11.6 Å². The van der Waals surface area contributed by atoms with Crippen LogP contribution in [0.25, 0.3) is 11.3 Å². The van der Waals surface area contributed by atoms with Crippen LogP contribution < -0.4 is 5.32 Å². The molecule has 1 aromatic heterocycles. The Morgan fingerprint density at radius 3 is 2.22 bits per heavy atom. The normalized spacial score (nSPS) is 21.9. The van der Waals surface area contributed by atoms with Gasteiger partial charge in [-0.15, -0.1) is 0 Å². The largest absolute Gasteiger partial charge is 0.338 e. The molecule has 1 aliphatic carbocycles. The number of hydrogen-bond acceptors (Lipinski definition) is 3. The Morgan fingerprint density at radius 1 is 0.906 bits per heavy atom. The van der Waals surface area contributed by atoms with Crippen molar-refractivity contribution in [2.45, 2.75) is 12.8 Å². The molecule has 6 heteroatoms. The van der Waals surface area contributed by atoms with E-state index < -0.39 is 0 Å². The molecule has 1 N–H and O–H groups in total. The lowest BCUT2D eigenvalue weighted by Crippen LogP contribution is -2.48. The predicted molar refractivity (Wildman–Crippen MR) is 125 cm³/mol. The second kappa shape index (κ2) is 8.75. The molecular weight excluding hydrogens is 422 g/mol. The van der Waals surface area contributed by atoms with Gasteiger partial charge in [-0.25, -0.2) is 0 Å². The standard InChI is InChI=1S/C26H24ClN3O2/c27-21-9-11-22(12-10-21)29-25(31)24-19-6-7-20(24)16-30(15-19)26(32)18-8-13-23(28-14-18)17-4-2-1-3-5-17/h1-5,8-14,19-20,24H,6-7,15-16H2,(H,29,31). The number of carbonyl (C=O) groups is 2. The SMILES string of the molecule is O=C(Nc1ccc(Cl)cc1)C1C2CCC1CN(C(=O)c1ccc(-c3ccccc3)nc1)C2. The molecule has 2 bridgehead atoms. The highest BCUT2D eigenvalue weighted by atomic mass is 35.5. The molecule has 2 fully saturated rings. The molecule has 2 aromatic carbocycles. The lowest BCUT2D eigenvalue weighted by molar-refractivity contribution is -0.123. The lowest BCUT2D eigenvalue weighted by Gasteiger charge is -2.37. The molecule has 1 aliphatic heterocycles. The second-order valence-corrected chi connectivity index (χ2v) is 9.06. The third-order valence-corrected chi connectivity index (χ3v) is 6.87. The molecule has 5 rings (SSSR count). The fourth-order valence-corrected chi connectivity index (χ4v) is 5.18. The number of hydrogen-bond donors (Lipinski definition) is 1. The average molecular weight is 446 g/mol. The molecule has 3 aromatic rings. The van der Waals surface area contributed by atoms with Crippen molar-refractivity contribution in [1.29, 1.82) is 0 Å². The third-order valence-electron chi connectivity index (χ3n) is 6.62. The first-order valence-electron chi connectivity index (χ1n) is 11.0. The van der Waals surface area contributed by atoms with Gasteiger partial charge in [0.2, 0.25) is 5.91 Å². The molecule has 5 nitrogen and oxygen atoms in total. The van der Waals surface area contributed by atoms with E-state index in [0.717, 1.165) is 29.8 Å². The summed E-state index contributed by atoms with van der Waals surface area (Å²) in [7, 11) is 0. The first-order valence-corrected chi connectivity index (χ1v) is 11.3. The Hall–Kier alpha value is -3.18. The van der Waals surface area contributed by atoms with Gasteiger partial charge in [-0.05, 0) is 61.1 Å². The zero-order chi connectivity index (χ0) is 22.1. The maximum absolute atomic E-state index is 13.1. The minimum Gasteiger partial charge on any atom is -0.338 e. The smallest absolute Gasteiger partial charge is 0.255 e. The Balaban J connectivity index is 1.25. The minimum absolute atomic E-state index is 0.00873. The van der Waals surface area contributed by atoms with E-state index in [1.54, 1.807) is 18.3 Å². The summed E-state index contributed by atoms with van der Waals surface area (Å²) in [5.41, 5.74) is 3.21. The van der Waals surface area contributed by atoms with Crippen LogP contribution in [0.1, 0.15) is 23.2 Å². The van der Waals surface area contributed by atoms with Crippen LogP contribution in [0, 0.1) is 17.8 Å². The predicted octanol–water partition coefficient (Wildman–Crippen LogP) is 5.14. The Kier molecular flexibility index (Phi) is 5.66. The first kappa shape index (κ1) is 20.7. The summed E-state index contributed by atoms with van der Waals surface area (Å²) in [6, 6.07) is 20.8. The highest BCUT2D eigenvalue weighted by Gasteiger charge is 2.46. The summed E-state index contributed by atoms with van der Waals surface area (Å²) in [5, 5.41) is 3.67. The number of likely N-dealkylation sites (tertiary alicyclic amines) is 1. The van der Waals surface area contributed by atoms with Gasteiger partial charge in [0.25, 0.3) is 5.91 Å².